The molecule has 2 aromatic carbocycles. The van der Waals surface area contributed by atoms with Gasteiger partial charge in [0.05, 0.1) is 0 Å². The molecule has 2 N–H and O–H groups in total. The van der Waals surface area contributed by atoms with E-state index in [-0.39, 0.29) is 0 Å². The molecule has 0 spiro atoms. The van der Waals surface area contributed by atoms with E-state index in [0.717, 1.165) is 16.7 Å². The van der Waals surface area contributed by atoms with Crippen molar-refractivity contribution in [1.29, 1.82) is 0 Å². The van der Waals surface area contributed by atoms with E-state index in [1.165, 1.54) is 10.3 Å². The molecule has 0 bridgehead atoms. The van der Waals surface area contributed by atoms with Crippen LogP contribution in [0.15, 0.2) is 53.9 Å². The van der Waals surface area contributed by atoms with Crippen molar-refractivity contribution in [3.63, 3.8) is 0 Å². The Balaban J connectivity index is 1.95. The highest BCUT2D eigenvalue weighted by atomic mass is 32.1. The molecule has 3 heteroatoms. The molecule has 0 saturated carbocycles. The van der Waals surface area contributed by atoms with Crippen molar-refractivity contribution in [2.24, 2.45) is 5.73 Å². The first-order chi connectivity index (χ1) is 9.38. The third kappa shape index (κ3) is 2.48. The maximum absolute atomic E-state index is 5.93. The Morgan fingerprint density at radius 3 is 2.53 bits per heavy atom. The third-order valence-corrected chi connectivity index (χ3v) is 3.99. The number of fused-ring (bicyclic) bond motifs is 1. The summed E-state index contributed by atoms with van der Waals surface area (Å²) in [7, 11) is 0. The molecule has 1 heterocycles. The molecular formula is C16H15NOS. The van der Waals surface area contributed by atoms with Crippen LogP contribution in [-0.4, -0.2) is 0 Å². The summed E-state index contributed by atoms with van der Waals surface area (Å²) in [5.41, 5.74) is 6.93. The van der Waals surface area contributed by atoms with Crippen molar-refractivity contribution in [2.45, 2.75) is 13.2 Å². The van der Waals surface area contributed by atoms with Crippen molar-refractivity contribution in [1.82, 2.24) is 0 Å². The van der Waals surface area contributed by atoms with Crippen LogP contribution in [0, 0.1) is 0 Å². The number of nitrogens with two attached hydrogens (primary N) is 1. The first-order valence-electron chi connectivity index (χ1n) is 6.24. The molecule has 0 fully saturated rings. The van der Waals surface area contributed by atoms with Gasteiger partial charge in [-0.2, -0.15) is 0 Å². The van der Waals surface area contributed by atoms with Gasteiger partial charge in [0.15, 0.2) is 0 Å². The lowest BCUT2D eigenvalue weighted by molar-refractivity contribution is 0.313. The van der Waals surface area contributed by atoms with Crippen LogP contribution in [0.4, 0.5) is 0 Å². The summed E-state index contributed by atoms with van der Waals surface area (Å²) in [6, 6.07) is 16.4. The predicted molar refractivity (Wildman–Crippen MR) is 80.5 cm³/mol. The molecule has 0 amide bonds. The minimum atomic E-state index is 0.547. The Labute approximate surface area is 116 Å². The molecular weight excluding hydrogens is 254 g/mol. The van der Waals surface area contributed by atoms with E-state index in [4.69, 9.17) is 10.5 Å². The number of hydrogen-bond donors (Lipinski definition) is 1. The molecule has 96 valence electrons. The smallest absolute Gasteiger partial charge is 0.127 e. The van der Waals surface area contributed by atoms with Crippen LogP contribution in [0.25, 0.3) is 10.8 Å². The average Bonchev–Trinajstić information content (AvgIpc) is 2.98. The van der Waals surface area contributed by atoms with Crippen molar-refractivity contribution in [2.75, 3.05) is 0 Å². The number of ether oxygens (including phenoxy) is 1. The molecule has 1 aromatic heterocycles. The van der Waals surface area contributed by atoms with Gasteiger partial charge in [0.25, 0.3) is 0 Å². The molecule has 0 radical (unpaired) electrons. The van der Waals surface area contributed by atoms with E-state index in [2.05, 4.69) is 23.6 Å². The molecule has 0 saturated heterocycles. The second-order valence-corrected chi connectivity index (χ2v) is 5.37. The summed E-state index contributed by atoms with van der Waals surface area (Å²) in [5.74, 6) is 0.918. The quantitative estimate of drug-likeness (QED) is 0.778. The summed E-state index contributed by atoms with van der Waals surface area (Å²) in [4.78, 5) is 1.23. The lowest BCUT2D eigenvalue weighted by atomic mass is 10.0. The third-order valence-electron chi connectivity index (χ3n) is 3.14. The molecule has 19 heavy (non-hydrogen) atoms. The lowest BCUT2D eigenvalue weighted by Crippen LogP contribution is -1.99. The van der Waals surface area contributed by atoms with Gasteiger partial charge in [0.2, 0.25) is 0 Å². The fourth-order valence-electron chi connectivity index (χ4n) is 2.18. The molecule has 0 aliphatic carbocycles. The fourth-order valence-corrected chi connectivity index (χ4v) is 2.80. The number of benzene rings is 2. The number of thiophene rings is 1. The van der Waals surface area contributed by atoms with Crippen molar-refractivity contribution in [3.8, 4) is 5.75 Å². The Morgan fingerprint density at radius 1 is 0.947 bits per heavy atom. The van der Waals surface area contributed by atoms with Gasteiger partial charge < -0.3 is 10.5 Å². The molecule has 0 atom stereocenters. The Hall–Kier alpha value is -1.84. The van der Waals surface area contributed by atoms with Gasteiger partial charge in [-0.05, 0) is 28.5 Å². The molecule has 0 aliphatic rings. The van der Waals surface area contributed by atoms with Gasteiger partial charge in [-0.25, -0.2) is 0 Å². The van der Waals surface area contributed by atoms with Crippen LogP contribution in [-0.2, 0) is 13.2 Å². The highest BCUT2D eigenvalue weighted by Crippen LogP contribution is 2.29. The Bertz CT molecular complexity index is 676. The normalized spacial score (nSPS) is 10.8. The lowest BCUT2D eigenvalue weighted by Gasteiger charge is -2.11. The summed E-state index contributed by atoms with van der Waals surface area (Å²) in [6.07, 6.45) is 0. The maximum Gasteiger partial charge on any atom is 0.127 e. The SMILES string of the molecule is NCc1ccc(OCc2cccs2)c2ccccc12. The standard InChI is InChI=1S/C16H15NOS/c17-10-12-7-8-16(15-6-2-1-5-14(12)15)18-11-13-4-3-9-19-13/h1-9H,10-11,17H2. The first-order valence-corrected chi connectivity index (χ1v) is 7.12. The average molecular weight is 269 g/mol. The number of hydrogen-bond acceptors (Lipinski definition) is 3. The molecule has 0 unspecified atom stereocenters. The fraction of sp³-hybridized carbons (Fsp3) is 0.125. The van der Waals surface area contributed by atoms with E-state index in [9.17, 15) is 0 Å². The van der Waals surface area contributed by atoms with E-state index in [1.807, 2.05) is 30.3 Å². The van der Waals surface area contributed by atoms with Crippen molar-refractivity contribution in [3.05, 3.63) is 64.4 Å². The van der Waals surface area contributed by atoms with Crippen molar-refractivity contribution >= 4 is 22.1 Å². The second-order valence-electron chi connectivity index (χ2n) is 4.34. The van der Waals surface area contributed by atoms with E-state index >= 15 is 0 Å². The van der Waals surface area contributed by atoms with Crippen LogP contribution in [0.1, 0.15) is 10.4 Å². The zero-order chi connectivity index (χ0) is 13.1. The first kappa shape index (κ1) is 12.2. The predicted octanol–water partition coefficient (Wildman–Crippen LogP) is 3.94. The van der Waals surface area contributed by atoms with Crippen LogP contribution in [0.2, 0.25) is 0 Å². The van der Waals surface area contributed by atoms with Gasteiger partial charge in [0.1, 0.15) is 12.4 Å². The van der Waals surface area contributed by atoms with E-state index in [0.29, 0.717) is 13.2 Å². The summed E-state index contributed by atoms with van der Waals surface area (Å²) < 4.78 is 5.93. The molecule has 2 nitrogen and oxygen atoms in total. The summed E-state index contributed by atoms with van der Waals surface area (Å²) in [5, 5.41) is 4.37. The van der Waals surface area contributed by atoms with Crippen LogP contribution in [0.3, 0.4) is 0 Å². The second kappa shape index (κ2) is 5.43. The minimum Gasteiger partial charge on any atom is -0.487 e. The van der Waals surface area contributed by atoms with Crippen LogP contribution < -0.4 is 10.5 Å². The summed E-state index contributed by atoms with van der Waals surface area (Å²) >= 11 is 1.71. The molecule has 3 aromatic rings. The topological polar surface area (TPSA) is 35.2 Å². The van der Waals surface area contributed by atoms with Crippen LogP contribution in [0.5, 0.6) is 5.75 Å². The number of rotatable bonds is 4. The minimum absolute atomic E-state index is 0.547. The monoisotopic (exact) mass is 269 g/mol. The van der Waals surface area contributed by atoms with Gasteiger partial charge in [-0.3, -0.25) is 0 Å². The molecule has 3 rings (SSSR count). The Morgan fingerprint density at radius 2 is 1.79 bits per heavy atom. The largest absolute Gasteiger partial charge is 0.487 e. The highest BCUT2D eigenvalue weighted by molar-refractivity contribution is 7.09. The zero-order valence-electron chi connectivity index (χ0n) is 10.5. The van der Waals surface area contributed by atoms with Gasteiger partial charge >= 0.3 is 0 Å². The molecule has 0 aliphatic heterocycles. The van der Waals surface area contributed by atoms with Crippen molar-refractivity contribution < 1.29 is 4.74 Å². The van der Waals surface area contributed by atoms with Gasteiger partial charge in [0, 0.05) is 16.8 Å². The van der Waals surface area contributed by atoms with Crippen LogP contribution >= 0.6 is 11.3 Å². The zero-order valence-corrected chi connectivity index (χ0v) is 11.3. The maximum atomic E-state index is 5.93. The van der Waals surface area contributed by atoms with Gasteiger partial charge in [-0.1, -0.05) is 36.4 Å². The van der Waals surface area contributed by atoms with E-state index in [1.54, 1.807) is 11.3 Å². The Kier molecular flexibility index (Phi) is 3.49. The van der Waals surface area contributed by atoms with E-state index < -0.39 is 0 Å². The summed E-state index contributed by atoms with van der Waals surface area (Å²) in [6.45, 7) is 1.16. The highest BCUT2D eigenvalue weighted by Gasteiger charge is 2.06. The van der Waals surface area contributed by atoms with Gasteiger partial charge in [-0.15, -0.1) is 11.3 Å².